The first-order valence-electron chi connectivity index (χ1n) is 6.61. The lowest BCUT2D eigenvalue weighted by Gasteiger charge is -2.24. The van der Waals surface area contributed by atoms with Crippen LogP contribution >= 0.6 is 0 Å². The monoisotopic (exact) mass is 247 g/mol. The number of likely N-dealkylation sites (tertiary alicyclic amines) is 1. The minimum Gasteiger partial charge on any atom is -0.395 e. The lowest BCUT2D eigenvalue weighted by Crippen LogP contribution is -2.39. The fraction of sp³-hybridized carbons (Fsp3) is 0.533. The normalized spacial score (nSPS) is 24.3. The minimum absolute atomic E-state index is 0.153. The van der Waals surface area contributed by atoms with Crippen LogP contribution in [0.5, 0.6) is 0 Å². The van der Waals surface area contributed by atoms with Crippen molar-refractivity contribution in [3.8, 4) is 0 Å². The van der Waals surface area contributed by atoms with Gasteiger partial charge in [0.2, 0.25) is 0 Å². The summed E-state index contributed by atoms with van der Waals surface area (Å²) in [6, 6.07) is 9.98. The molecule has 2 atom stereocenters. The molecule has 1 fully saturated rings. The number of ketones is 1. The van der Waals surface area contributed by atoms with E-state index in [0.717, 1.165) is 18.5 Å². The fourth-order valence-electron chi connectivity index (χ4n) is 2.69. The van der Waals surface area contributed by atoms with Gasteiger partial charge in [-0.1, -0.05) is 37.3 Å². The van der Waals surface area contributed by atoms with E-state index in [0.29, 0.717) is 18.9 Å². The van der Waals surface area contributed by atoms with Gasteiger partial charge in [0, 0.05) is 12.5 Å². The molecule has 18 heavy (non-hydrogen) atoms. The number of hydrogen-bond acceptors (Lipinski definition) is 3. The molecule has 3 nitrogen and oxygen atoms in total. The van der Waals surface area contributed by atoms with Crippen molar-refractivity contribution in [3.05, 3.63) is 35.9 Å². The van der Waals surface area contributed by atoms with Crippen LogP contribution in [0, 0.1) is 5.92 Å². The molecule has 1 aromatic rings. The Morgan fingerprint density at radius 2 is 2.11 bits per heavy atom. The number of carbonyl (C=O) groups excluding carboxylic acids is 1. The summed E-state index contributed by atoms with van der Waals surface area (Å²) in [5.41, 5.74) is 1.07. The van der Waals surface area contributed by atoms with Crippen LogP contribution in [-0.2, 0) is 11.2 Å². The highest BCUT2D eigenvalue weighted by Crippen LogP contribution is 2.23. The molecule has 0 aliphatic carbocycles. The number of Topliss-reactive ketones (excluding diaryl/α,β-unsaturated/α-hetero) is 1. The quantitative estimate of drug-likeness (QED) is 0.857. The third-order valence-corrected chi connectivity index (χ3v) is 3.81. The van der Waals surface area contributed by atoms with Crippen molar-refractivity contribution < 1.29 is 9.90 Å². The molecule has 2 rings (SSSR count). The van der Waals surface area contributed by atoms with Gasteiger partial charge < -0.3 is 5.11 Å². The maximum absolute atomic E-state index is 12.0. The zero-order valence-corrected chi connectivity index (χ0v) is 10.9. The highest BCUT2D eigenvalue weighted by molar-refractivity contribution is 5.82. The molecule has 1 N–H and O–H groups in total. The molecule has 3 heteroatoms. The summed E-state index contributed by atoms with van der Waals surface area (Å²) in [7, 11) is 0. The van der Waals surface area contributed by atoms with Crippen molar-refractivity contribution in [2.75, 3.05) is 19.7 Å². The van der Waals surface area contributed by atoms with Crippen molar-refractivity contribution in [3.63, 3.8) is 0 Å². The van der Waals surface area contributed by atoms with Gasteiger partial charge in [0.05, 0.1) is 13.2 Å². The van der Waals surface area contributed by atoms with Crippen molar-refractivity contribution in [2.24, 2.45) is 5.92 Å². The van der Waals surface area contributed by atoms with Crippen LogP contribution in [0.25, 0.3) is 0 Å². The average Bonchev–Trinajstić information content (AvgIpc) is 2.71. The van der Waals surface area contributed by atoms with Crippen molar-refractivity contribution in [2.45, 2.75) is 25.8 Å². The molecular weight excluding hydrogens is 226 g/mol. The predicted molar refractivity (Wildman–Crippen MR) is 71.4 cm³/mol. The Kier molecular flexibility index (Phi) is 4.50. The van der Waals surface area contributed by atoms with Crippen molar-refractivity contribution in [1.82, 2.24) is 4.90 Å². The van der Waals surface area contributed by atoms with E-state index in [1.165, 1.54) is 0 Å². The summed E-state index contributed by atoms with van der Waals surface area (Å²) in [5.74, 6) is 0.716. The first-order valence-corrected chi connectivity index (χ1v) is 6.61. The van der Waals surface area contributed by atoms with Gasteiger partial charge in [-0.25, -0.2) is 0 Å². The topological polar surface area (TPSA) is 40.5 Å². The predicted octanol–water partition coefficient (Wildman–Crippen LogP) is 1.50. The standard InChI is InChI=1S/C15H21NO2/c1-12-7-8-16(15(12)11-17)10-14(18)9-13-5-3-2-4-6-13/h2-6,12,15,17H,7-11H2,1H3. The maximum atomic E-state index is 12.0. The molecular formula is C15H21NO2. The van der Waals surface area contributed by atoms with E-state index in [1.807, 2.05) is 30.3 Å². The Morgan fingerprint density at radius 1 is 1.39 bits per heavy atom. The molecule has 0 aromatic heterocycles. The van der Waals surface area contributed by atoms with E-state index in [4.69, 9.17) is 0 Å². The third-order valence-electron chi connectivity index (χ3n) is 3.81. The first-order chi connectivity index (χ1) is 8.70. The highest BCUT2D eigenvalue weighted by atomic mass is 16.3. The summed E-state index contributed by atoms with van der Waals surface area (Å²) in [6.45, 7) is 3.68. The number of nitrogens with zero attached hydrogens (tertiary/aromatic N) is 1. The SMILES string of the molecule is CC1CCN(CC(=O)Cc2ccccc2)C1CO. The maximum Gasteiger partial charge on any atom is 0.151 e. The van der Waals surface area contributed by atoms with Crippen molar-refractivity contribution in [1.29, 1.82) is 0 Å². The van der Waals surface area contributed by atoms with Crippen LogP contribution in [-0.4, -0.2) is 41.5 Å². The molecule has 1 aromatic carbocycles. The highest BCUT2D eigenvalue weighted by Gasteiger charge is 2.31. The zero-order chi connectivity index (χ0) is 13.0. The Morgan fingerprint density at radius 3 is 2.78 bits per heavy atom. The van der Waals surface area contributed by atoms with E-state index in [1.54, 1.807) is 0 Å². The summed E-state index contributed by atoms with van der Waals surface area (Å²) in [4.78, 5) is 14.1. The Bertz CT molecular complexity index is 391. The van der Waals surface area contributed by atoms with Crippen LogP contribution in [0.2, 0.25) is 0 Å². The number of carbonyl (C=O) groups is 1. The van der Waals surface area contributed by atoms with E-state index in [-0.39, 0.29) is 18.4 Å². The fourth-order valence-corrected chi connectivity index (χ4v) is 2.69. The van der Waals surface area contributed by atoms with Gasteiger partial charge in [-0.05, 0) is 24.4 Å². The lowest BCUT2D eigenvalue weighted by atomic mass is 10.0. The molecule has 1 aliphatic rings. The van der Waals surface area contributed by atoms with E-state index in [2.05, 4.69) is 11.8 Å². The van der Waals surface area contributed by atoms with E-state index < -0.39 is 0 Å². The second-order valence-electron chi connectivity index (χ2n) is 5.19. The zero-order valence-electron chi connectivity index (χ0n) is 10.9. The summed E-state index contributed by atoms with van der Waals surface area (Å²) < 4.78 is 0. The van der Waals surface area contributed by atoms with Crippen LogP contribution in [0.15, 0.2) is 30.3 Å². The van der Waals surface area contributed by atoms with Gasteiger partial charge in [0.25, 0.3) is 0 Å². The van der Waals surface area contributed by atoms with Gasteiger partial charge >= 0.3 is 0 Å². The molecule has 0 saturated carbocycles. The average molecular weight is 247 g/mol. The van der Waals surface area contributed by atoms with Crippen LogP contribution in [0.4, 0.5) is 0 Å². The minimum atomic E-state index is 0.153. The Balaban J connectivity index is 1.88. The second kappa shape index (κ2) is 6.12. The number of aliphatic hydroxyl groups excluding tert-OH is 1. The molecule has 1 saturated heterocycles. The molecule has 2 unspecified atom stereocenters. The molecule has 98 valence electrons. The van der Waals surface area contributed by atoms with Gasteiger partial charge in [0.1, 0.15) is 0 Å². The first kappa shape index (κ1) is 13.2. The smallest absolute Gasteiger partial charge is 0.151 e. The van der Waals surface area contributed by atoms with Crippen LogP contribution in [0.1, 0.15) is 18.9 Å². The van der Waals surface area contributed by atoms with Crippen molar-refractivity contribution >= 4 is 5.78 Å². The van der Waals surface area contributed by atoms with Crippen LogP contribution in [0.3, 0.4) is 0 Å². The van der Waals surface area contributed by atoms with Gasteiger partial charge in [-0.3, -0.25) is 9.69 Å². The second-order valence-corrected chi connectivity index (χ2v) is 5.19. The van der Waals surface area contributed by atoms with E-state index >= 15 is 0 Å². The van der Waals surface area contributed by atoms with Gasteiger partial charge in [0.15, 0.2) is 5.78 Å². The molecule has 0 spiro atoms. The molecule has 0 bridgehead atoms. The Labute approximate surface area is 108 Å². The Hall–Kier alpha value is -1.19. The van der Waals surface area contributed by atoms with Gasteiger partial charge in [-0.15, -0.1) is 0 Å². The molecule has 0 radical (unpaired) electrons. The molecule has 1 heterocycles. The summed E-state index contributed by atoms with van der Waals surface area (Å²) in [5, 5.41) is 9.36. The number of aliphatic hydroxyl groups is 1. The van der Waals surface area contributed by atoms with Gasteiger partial charge in [-0.2, -0.15) is 0 Å². The number of rotatable bonds is 5. The largest absolute Gasteiger partial charge is 0.395 e. The van der Waals surface area contributed by atoms with E-state index in [9.17, 15) is 9.90 Å². The summed E-state index contributed by atoms with van der Waals surface area (Å²) in [6.07, 6.45) is 1.56. The third kappa shape index (κ3) is 3.18. The molecule has 0 amide bonds. The molecule has 1 aliphatic heterocycles. The number of benzene rings is 1. The van der Waals surface area contributed by atoms with Crippen LogP contribution < -0.4 is 0 Å². The number of hydrogen-bond donors (Lipinski definition) is 1. The lowest BCUT2D eigenvalue weighted by molar-refractivity contribution is -0.120. The summed E-state index contributed by atoms with van der Waals surface area (Å²) >= 11 is 0.